The van der Waals surface area contributed by atoms with E-state index in [1.54, 1.807) is 0 Å². The van der Waals surface area contributed by atoms with E-state index < -0.39 is 6.09 Å². The number of nitrogens with zero attached hydrogens (tertiary/aromatic N) is 2. The largest absolute Gasteiger partial charge is 0.447 e. The van der Waals surface area contributed by atoms with Crippen molar-refractivity contribution >= 4 is 43.8 Å². The van der Waals surface area contributed by atoms with Gasteiger partial charge in [-0.15, -0.1) is 0 Å². The average molecular weight is 341 g/mol. The monoisotopic (exact) mass is 339 g/mol. The van der Waals surface area contributed by atoms with Crippen molar-refractivity contribution < 1.29 is 14.6 Å². The second-order valence-electron chi connectivity index (χ2n) is 2.32. The van der Waals surface area contributed by atoms with Gasteiger partial charge in [0.15, 0.2) is 5.82 Å². The maximum absolute atomic E-state index is 11.1. The standard InChI is InChI=1S/C7H7Br2N3O3/c8-4-3-10-6(5(9)11-4)12-7(14)15-2-1-13/h3,13H,1-2H2,(H,10,12,14). The van der Waals surface area contributed by atoms with Crippen LogP contribution in [0.2, 0.25) is 0 Å². The van der Waals surface area contributed by atoms with E-state index in [4.69, 9.17) is 5.11 Å². The van der Waals surface area contributed by atoms with Gasteiger partial charge in [-0.25, -0.2) is 14.8 Å². The minimum Gasteiger partial charge on any atom is -0.447 e. The van der Waals surface area contributed by atoms with Crippen molar-refractivity contribution in [3.05, 3.63) is 15.4 Å². The highest BCUT2D eigenvalue weighted by Crippen LogP contribution is 2.19. The molecule has 1 aromatic rings. The van der Waals surface area contributed by atoms with E-state index in [0.717, 1.165) is 0 Å². The van der Waals surface area contributed by atoms with Crippen LogP contribution in [0.15, 0.2) is 15.4 Å². The molecule has 1 aromatic heterocycles. The number of aliphatic hydroxyl groups is 1. The molecule has 0 fully saturated rings. The molecule has 1 heterocycles. The van der Waals surface area contributed by atoms with Gasteiger partial charge in [-0.05, 0) is 31.9 Å². The Balaban J connectivity index is 2.60. The van der Waals surface area contributed by atoms with Crippen LogP contribution in [-0.4, -0.2) is 34.4 Å². The Hall–Kier alpha value is -0.730. The fourth-order valence-electron chi connectivity index (χ4n) is 0.702. The van der Waals surface area contributed by atoms with Crippen molar-refractivity contribution in [2.75, 3.05) is 18.5 Å². The number of anilines is 1. The zero-order chi connectivity index (χ0) is 11.3. The summed E-state index contributed by atoms with van der Waals surface area (Å²) in [7, 11) is 0. The number of amides is 1. The molecule has 2 N–H and O–H groups in total. The Kier molecular flexibility index (Phi) is 4.92. The minimum absolute atomic E-state index is 0.0621. The van der Waals surface area contributed by atoms with Gasteiger partial charge in [0.2, 0.25) is 0 Å². The third kappa shape index (κ3) is 4.10. The molecule has 0 aliphatic rings. The highest BCUT2D eigenvalue weighted by molar-refractivity contribution is 9.11. The van der Waals surface area contributed by atoms with Gasteiger partial charge in [-0.1, -0.05) is 0 Å². The summed E-state index contributed by atoms with van der Waals surface area (Å²) in [5.41, 5.74) is 0. The lowest BCUT2D eigenvalue weighted by atomic mass is 10.6. The number of aromatic nitrogens is 2. The number of rotatable bonds is 3. The van der Waals surface area contributed by atoms with Gasteiger partial charge >= 0.3 is 6.09 Å². The fraction of sp³-hybridized carbons (Fsp3) is 0.286. The van der Waals surface area contributed by atoms with E-state index in [1.165, 1.54) is 6.20 Å². The third-order valence-corrected chi connectivity index (χ3v) is 2.18. The highest BCUT2D eigenvalue weighted by Gasteiger charge is 2.08. The lowest BCUT2D eigenvalue weighted by Gasteiger charge is -2.05. The minimum atomic E-state index is -0.693. The van der Waals surface area contributed by atoms with Gasteiger partial charge in [0, 0.05) is 0 Å². The van der Waals surface area contributed by atoms with Gasteiger partial charge in [-0.3, -0.25) is 5.32 Å². The first kappa shape index (κ1) is 12.3. The maximum Gasteiger partial charge on any atom is 0.412 e. The summed E-state index contributed by atoms with van der Waals surface area (Å²) in [6.07, 6.45) is 0.744. The summed E-state index contributed by atoms with van der Waals surface area (Å²) in [6.45, 7) is -0.284. The molecule has 0 radical (unpaired) electrons. The van der Waals surface area contributed by atoms with E-state index in [-0.39, 0.29) is 19.0 Å². The normalized spacial score (nSPS) is 9.80. The Bertz CT molecular complexity index is 361. The van der Waals surface area contributed by atoms with Crippen LogP contribution >= 0.6 is 31.9 Å². The maximum atomic E-state index is 11.1. The molecule has 0 aliphatic heterocycles. The molecular formula is C7H7Br2N3O3. The number of hydrogen-bond donors (Lipinski definition) is 2. The first-order valence-corrected chi connectivity index (χ1v) is 5.44. The van der Waals surface area contributed by atoms with E-state index in [1.807, 2.05) is 0 Å². The Morgan fingerprint density at radius 1 is 1.60 bits per heavy atom. The van der Waals surface area contributed by atoms with Gasteiger partial charge in [0.05, 0.1) is 12.8 Å². The van der Waals surface area contributed by atoms with Crippen molar-refractivity contribution in [1.29, 1.82) is 0 Å². The van der Waals surface area contributed by atoms with Gasteiger partial charge in [0.1, 0.15) is 15.8 Å². The number of hydrogen-bond acceptors (Lipinski definition) is 5. The highest BCUT2D eigenvalue weighted by atomic mass is 79.9. The van der Waals surface area contributed by atoms with Crippen LogP contribution < -0.4 is 5.32 Å². The van der Waals surface area contributed by atoms with Crippen LogP contribution in [0.4, 0.5) is 10.6 Å². The number of carbonyl (C=O) groups excluding carboxylic acids is 1. The molecule has 0 saturated carbocycles. The van der Waals surface area contributed by atoms with Crippen molar-refractivity contribution in [3.63, 3.8) is 0 Å². The fourth-order valence-corrected chi connectivity index (χ4v) is 1.61. The zero-order valence-corrected chi connectivity index (χ0v) is 10.6. The Morgan fingerprint density at radius 3 is 2.93 bits per heavy atom. The van der Waals surface area contributed by atoms with Gasteiger partial charge < -0.3 is 9.84 Å². The number of nitrogens with one attached hydrogen (secondary N) is 1. The summed E-state index contributed by atoms with van der Waals surface area (Å²) in [6, 6.07) is 0. The lowest BCUT2D eigenvalue weighted by molar-refractivity contribution is 0.131. The Labute approximate surface area is 102 Å². The summed E-state index contributed by atoms with van der Waals surface area (Å²) in [5, 5.41) is 10.8. The van der Waals surface area contributed by atoms with E-state index in [9.17, 15) is 4.79 Å². The van der Waals surface area contributed by atoms with Gasteiger partial charge in [-0.2, -0.15) is 0 Å². The third-order valence-electron chi connectivity index (χ3n) is 1.25. The molecule has 0 saturated heterocycles. The molecular weight excluding hydrogens is 334 g/mol. The van der Waals surface area contributed by atoms with Crippen LogP contribution in [0.5, 0.6) is 0 Å². The number of carbonyl (C=O) groups is 1. The number of halogens is 2. The number of ether oxygens (including phenoxy) is 1. The van der Waals surface area contributed by atoms with Crippen LogP contribution in [0, 0.1) is 0 Å². The molecule has 0 aliphatic carbocycles. The second-order valence-corrected chi connectivity index (χ2v) is 3.88. The first-order chi connectivity index (χ1) is 7.13. The molecule has 0 atom stereocenters. The molecule has 0 spiro atoms. The lowest BCUT2D eigenvalue weighted by Crippen LogP contribution is -2.17. The molecule has 0 bridgehead atoms. The quantitative estimate of drug-likeness (QED) is 0.872. The summed E-state index contributed by atoms with van der Waals surface area (Å²) in [4.78, 5) is 18.9. The van der Waals surface area contributed by atoms with Crippen LogP contribution in [0.1, 0.15) is 0 Å². The van der Waals surface area contributed by atoms with Crippen LogP contribution in [0.3, 0.4) is 0 Å². The molecule has 1 amide bonds. The van der Waals surface area contributed by atoms with Crippen molar-refractivity contribution in [2.45, 2.75) is 0 Å². The summed E-state index contributed by atoms with van der Waals surface area (Å²) in [5.74, 6) is 0.251. The topological polar surface area (TPSA) is 84.3 Å². The molecule has 6 nitrogen and oxygen atoms in total. The predicted molar refractivity (Wildman–Crippen MR) is 59.5 cm³/mol. The van der Waals surface area contributed by atoms with Crippen LogP contribution in [0.25, 0.3) is 0 Å². The average Bonchev–Trinajstić information content (AvgIpc) is 2.19. The Morgan fingerprint density at radius 2 is 2.33 bits per heavy atom. The molecule has 82 valence electrons. The van der Waals surface area contributed by atoms with E-state index >= 15 is 0 Å². The van der Waals surface area contributed by atoms with E-state index in [2.05, 4.69) is 51.9 Å². The van der Waals surface area contributed by atoms with Crippen molar-refractivity contribution in [2.24, 2.45) is 0 Å². The van der Waals surface area contributed by atoms with E-state index in [0.29, 0.717) is 9.21 Å². The zero-order valence-electron chi connectivity index (χ0n) is 7.41. The first-order valence-electron chi connectivity index (χ1n) is 3.86. The van der Waals surface area contributed by atoms with Gasteiger partial charge in [0.25, 0.3) is 0 Å². The SMILES string of the molecule is O=C(Nc1ncc(Br)nc1Br)OCCO. The number of aliphatic hydroxyl groups excluding tert-OH is 1. The molecule has 0 unspecified atom stereocenters. The molecule has 0 aromatic carbocycles. The summed E-state index contributed by atoms with van der Waals surface area (Å²) < 4.78 is 5.51. The molecule has 8 heteroatoms. The van der Waals surface area contributed by atoms with Crippen molar-refractivity contribution in [1.82, 2.24) is 9.97 Å². The smallest absolute Gasteiger partial charge is 0.412 e. The predicted octanol–water partition coefficient (Wildman–Crippen LogP) is 1.54. The summed E-state index contributed by atoms with van der Waals surface area (Å²) >= 11 is 6.24. The van der Waals surface area contributed by atoms with Crippen LogP contribution in [-0.2, 0) is 4.74 Å². The molecule has 15 heavy (non-hydrogen) atoms. The molecule has 1 rings (SSSR count). The second kappa shape index (κ2) is 5.99. The van der Waals surface area contributed by atoms with Crippen molar-refractivity contribution in [3.8, 4) is 0 Å².